The van der Waals surface area contributed by atoms with Crippen LogP contribution >= 0.6 is 15.9 Å². The Kier molecular flexibility index (Phi) is 4.51. The number of benzene rings is 1. The SMILES string of the molecule is C[C@@H](O)CNCc1ccc(Br)c(F)c1. The van der Waals surface area contributed by atoms with Crippen LogP contribution in [-0.2, 0) is 6.54 Å². The summed E-state index contributed by atoms with van der Waals surface area (Å²) in [6.45, 7) is 2.78. The average Bonchev–Trinajstić information content (AvgIpc) is 2.10. The third kappa shape index (κ3) is 3.74. The zero-order chi connectivity index (χ0) is 10.6. The Balaban J connectivity index is 2.47. The first-order valence-electron chi connectivity index (χ1n) is 4.42. The van der Waals surface area contributed by atoms with Gasteiger partial charge in [-0.05, 0) is 40.5 Å². The van der Waals surface area contributed by atoms with Gasteiger partial charge in [-0.3, -0.25) is 0 Å². The first-order valence-corrected chi connectivity index (χ1v) is 5.21. The van der Waals surface area contributed by atoms with Gasteiger partial charge < -0.3 is 10.4 Å². The summed E-state index contributed by atoms with van der Waals surface area (Å²) in [5.41, 5.74) is 0.867. The van der Waals surface area contributed by atoms with Gasteiger partial charge in [0.2, 0.25) is 0 Å². The number of rotatable bonds is 4. The summed E-state index contributed by atoms with van der Waals surface area (Å²) >= 11 is 3.09. The Morgan fingerprint density at radius 3 is 2.86 bits per heavy atom. The Hall–Kier alpha value is -0.450. The maximum absolute atomic E-state index is 13.0. The van der Waals surface area contributed by atoms with Crippen LogP contribution in [0.2, 0.25) is 0 Å². The lowest BCUT2D eigenvalue weighted by Gasteiger charge is -2.07. The quantitative estimate of drug-likeness (QED) is 0.870. The summed E-state index contributed by atoms with van der Waals surface area (Å²) in [5, 5.41) is 12.0. The fourth-order valence-corrected chi connectivity index (χ4v) is 1.32. The van der Waals surface area contributed by atoms with Crippen LogP contribution in [0.5, 0.6) is 0 Å². The number of hydrogen-bond acceptors (Lipinski definition) is 2. The minimum absolute atomic E-state index is 0.263. The van der Waals surface area contributed by atoms with Gasteiger partial charge in [0.1, 0.15) is 5.82 Å². The van der Waals surface area contributed by atoms with E-state index in [4.69, 9.17) is 5.11 Å². The van der Waals surface area contributed by atoms with E-state index in [2.05, 4.69) is 21.2 Å². The van der Waals surface area contributed by atoms with Crippen LogP contribution in [-0.4, -0.2) is 17.8 Å². The predicted molar refractivity (Wildman–Crippen MR) is 57.5 cm³/mol. The number of aliphatic hydroxyl groups is 1. The first kappa shape index (κ1) is 11.6. The van der Waals surface area contributed by atoms with E-state index in [0.717, 1.165) is 5.56 Å². The molecule has 1 aromatic rings. The van der Waals surface area contributed by atoms with Crippen molar-refractivity contribution in [2.24, 2.45) is 0 Å². The molecule has 0 radical (unpaired) electrons. The smallest absolute Gasteiger partial charge is 0.137 e. The van der Waals surface area contributed by atoms with Crippen molar-refractivity contribution in [3.05, 3.63) is 34.1 Å². The second-order valence-corrected chi connectivity index (χ2v) is 4.08. The van der Waals surface area contributed by atoms with Crippen LogP contribution in [0.15, 0.2) is 22.7 Å². The molecular weight excluding hydrogens is 249 g/mol. The van der Waals surface area contributed by atoms with Crippen molar-refractivity contribution in [2.45, 2.75) is 19.6 Å². The van der Waals surface area contributed by atoms with Crippen LogP contribution < -0.4 is 5.32 Å². The molecule has 0 amide bonds. The molecule has 0 aliphatic rings. The molecule has 78 valence electrons. The summed E-state index contributed by atoms with van der Waals surface area (Å²) in [7, 11) is 0. The zero-order valence-electron chi connectivity index (χ0n) is 7.93. The molecule has 2 nitrogen and oxygen atoms in total. The second-order valence-electron chi connectivity index (χ2n) is 3.23. The predicted octanol–water partition coefficient (Wildman–Crippen LogP) is 2.06. The molecule has 0 aliphatic heterocycles. The van der Waals surface area contributed by atoms with Gasteiger partial charge in [0.05, 0.1) is 10.6 Å². The van der Waals surface area contributed by atoms with E-state index < -0.39 is 0 Å². The summed E-state index contributed by atoms with van der Waals surface area (Å²) < 4.78 is 13.5. The van der Waals surface area contributed by atoms with Crippen molar-refractivity contribution in [3.63, 3.8) is 0 Å². The molecular formula is C10H13BrFNO. The van der Waals surface area contributed by atoms with E-state index in [0.29, 0.717) is 17.6 Å². The van der Waals surface area contributed by atoms with Crippen molar-refractivity contribution >= 4 is 15.9 Å². The van der Waals surface area contributed by atoms with Crippen LogP contribution in [0.4, 0.5) is 4.39 Å². The minimum atomic E-state index is -0.379. The lowest BCUT2D eigenvalue weighted by Crippen LogP contribution is -2.23. The maximum Gasteiger partial charge on any atom is 0.137 e. The van der Waals surface area contributed by atoms with Gasteiger partial charge in [-0.25, -0.2) is 4.39 Å². The fraction of sp³-hybridized carbons (Fsp3) is 0.400. The monoisotopic (exact) mass is 261 g/mol. The van der Waals surface area contributed by atoms with Gasteiger partial charge in [0.25, 0.3) is 0 Å². The van der Waals surface area contributed by atoms with Crippen molar-refractivity contribution in [1.82, 2.24) is 5.32 Å². The van der Waals surface area contributed by atoms with Crippen LogP contribution in [0.3, 0.4) is 0 Å². The molecule has 4 heteroatoms. The third-order valence-electron chi connectivity index (χ3n) is 1.75. The molecule has 0 spiro atoms. The lowest BCUT2D eigenvalue weighted by atomic mass is 10.2. The largest absolute Gasteiger partial charge is 0.392 e. The highest BCUT2D eigenvalue weighted by molar-refractivity contribution is 9.10. The molecule has 2 N–H and O–H groups in total. The molecule has 0 heterocycles. The van der Waals surface area contributed by atoms with E-state index in [1.54, 1.807) is 13.0 Å². The Morgan fingerprint density at radius 1 is 1.57 bits per heavy atom. The first-order chi connectivity index (χ1) is 6.59. The molecule has 0 unspecified atom stereocenters. The van der Waals surface area contributed by atoms with Gasteiger partial charge >= 0.3 is 0 Å². The van der Waals surface area contributed by atoms with Crippen LogP contribution in [0, 0.1) is 5.82 Å². The zero-order valence-corrected chi connectivity index (χ0v) is 9.51. The van der Waals surface area contributed by atoms with E-state index in [1.807, 2.05) is 6.07 Å². The van der Waals surface area contributed by atoms with Gasteiger partial charge in [0.15, 0.2) is 0 Å². The summed E-state index contributed by atoms with van der Waals surface area (Å²) in [6.07, 6.45) is -0.379. The third-order valence-corrected chi connectivity index (χ3v) is 2.40. The summed E-state index contributed by atoms with van der Waals surface area (Å²) in [6, 6.07) is 4.98. The Labute approximate surface area is 91.3 Å². The molecule has 0 saturated carbocycles. The topological polar surface area (TPSA) is 32.3 Å². The molecule has 1 atom stereocenters. The standard InChI is InChI=1S/C10H13BrFNO/c1-7(14)5-13-6-8-2-3-9(11)10(12)4-8/h2-4,7,13-14H,5-6H2,1H3/t7-/m1/s1. The maximum atomic E-state index is 13.0. The number of nitrogens with one attached hydrogen (secondary N) is 1. The molecule has 0 aromatic heterocycles. The van der Waals surface area contributed by atoms with E-state index in [1.165, 1.54) is 6.07 Å². The molecule has 0 fully saturated rings. The average molecular weight is 262 g/mol. The Bertz CT molecular complexity index is 304. The van der Waals surface area contributed by atoms with Gasteiger partial charge in [-0.15, -0.1) is 0 Å². The van der Waals surface area contributed by atoms with Gasteiger partial charge in [-0.1, -0.05) is 6.07 Å². The van der Waals surface area contributed by atoms with Crippen molar-refractivity contribution in [1.29, 1.82) is 0 Å². The van der Waals surface area contributed by atoms with Crippen molar-refractivity contribution in [2.75, 3.05) is 6.54 Å². The van der Waals surface area contributed by atoms with Gasteiger partial charge in [0, 0.05) is 13.1 Å². The van der Waals surface area contributed by atoms with E-state index in [-0.39, 0.29) is 11.9 Å². The molecule has 0 saturated heterocycles. The molecule has 1 rings (SSSR count). The van der Waals surface area contributed by atoms with E-state index in [9.17, 15) is 4.39 Å². The fourth-order valence-electron chi connectivity index (χ4n) is 1.07. The summed E-state index contributed by atoms with van der Waals surface area (Å²) in [5.74, 6) is -0.263. The van der Waals surface area contributed by atoms with Crippen molar-refractivity contribution < 1.29 is 9.50 Å². The van der Waals surface area contributed by atoms with Crippen LogP contribution in [0.25, 0.3) is 0 Å². The number of halogens is 2. The lowest BCUT2D eigenvalue weighted by molar-refractivity contribution is 0.191. The van der Waals surface area contributed by atoms with Gasteiger partial charge in [-0.2, -0.15) is 0 Å². The van der Waals surface area contributed by atoms with Crippen LogP contribution in [0.1, 0.15) is 12.5 Å². The highest BCUT2D eigenvalue weighted by Gasteiger charge is 2.00. The minimum Gasteiger partial charge on any atom is -0.392 e. The molecule has 0 bridgehead atoms. The molecule has 14 heavy (non-hydrogen) atoms. The highest BCUT2D eigenvalue weighted by atomic mass is 79.9. The summed E-state index contributed by atoms with van der Waals surface area (Å²) in [4.78, 5) is 0. The second kappa shape index (κ2) is 5.44. The normalized spacial score (nSPS) is 12.9. The highest BCUT2D eigenvalue weighted by Crippen LogP contribution is 2.16. The number of aliphatic hydroxyl groups excluding tert-OH is 1. The number of hydrogen-bond donors (Lipinski definition) is 2. The molecule has 1 aromatic carbocycles. The Morgan fingerprint density at radius 2 is 2.29 bits per heavy atom. The van der Waals surface area contributed by atoms with Crippen molar-refractivity contribution in [3.8, 4) is 0 Å². The van der Waals surface area contributed by atoms with E-state index >= 15 is 0 Å². The molecule has 0 aliphatic carbocycles.